The molecule has 0 aromatic carbocycles. The topological polar surface area (TPSA) is 15.3 Å². The molecule has 0 aromatic rings. The molecule has 0 fully saturated rings. The number of likely N-dealkylation sites (N-methyl/N-ethyl adjacent to an activating group) is 2. The first-order valence-corrected chi connectivity index (χ1v) is 4.16. The summed E-state index contributed by atoms with van der Waals surface area (Å²) in [5.74, 6) is 0. The lowest BCUT2D eigenvalue weighted by atomic mass is 10.0. The summed E-state index contributed by atoms with van der Waals surface area (Å²) in [6.45, 7) is 4.75. The monoisotopic (exact) mass is 164 g/mol. The van der Waals surface area contributed by atoms with E-state index in [2.05, 4.69) is 42.2 Å². The Bertz CT molecular complexity index is 216. The van der Waals surface area contributed by atoms with Crippen LogP contribution in [-0.4, -0.2) is 31.6 Å². The molecule has 0 amide bonds. The van der Waals surface area contributed by atoms with E-state index in [0.717, 1.165) is 6.54 Å². The maximum Gasteiger partial charge on any atom is 0.0690 e. The van der Waals surface area contributed by atoms with Gasteiger partial charge >= 0.3 is 0 Å². The van der Waals surface area contributed by atoms with Crippen molar-refractivity contribution in [1.82, 2.24) is 10.2 Å². The van der Waals surface area contributed by atoms with Gasteiger partial charge in [-0.25, -0.2) is 0 Å². The third-order valence-corrected chi connectivity index (χ3v) is 2.05. The molecule has 1 atom stereocenters. The predicted molar refractivity (Wildman–Crippen MR) is 52.9 cm³/mol. The molecule has 0 spiro atoms. The van der Waals surface area contributed by atoms with E-state index in [0.29, 0.717) is 6.04 Å². The first kappa shape index (κ1) is 9.07. The van der Waals surface area contributed by atoms with E-state index in [1.54, 1.807) is 0 Å². The Hall–Kier alpha value is -1.02. The van der Waals surface area contributed by atoms with Crippen LogP contribution in [0.5, 0.6) is 0 Å². The van der Waals surface area contributed by atoms with Crippen LogP contribution in [0.25, 0.3) is 0 Å². The SMILES string of the molecule is C=C[C@@H]1C(CNC)=CC=CN1C. The minimum absolute atomic E-state index is 0.349. The van der Waals surface area contributed by atoms with Crippen molar-refractivity contribution in [3.63, 3.8) is 0 Å². The number of nitrogens with zero attached hydrogens (tertiary/aromatic N) is 1. The van der Waals surface area contributed by atoms with E-state index in [-0.39, 0.29) is 0 Å². The summed E-state index contributed by atoms with van der Waals surface area (Å²) in [5.41, 5.74) is 1.36. The maximum absolute atomic E-state index is 3.82. The van der Waals surface area contributed by atoms with Gasteiger partial charge in [0.2, 0.25) is 0 Å². The normalized spacial score (nSPS) is 22.3. The van der Waals surface area contributed by atoms with E-state index >= 15 is 0 Å². The summed E-state index contributed by atoms with van der Waals surface area (Å²) in [5, 5.41) is 3.15. The quantitative estimate of drug-likeness (QED) is 0.629. The molecule has 12 heavy (non-hydrogen) atoms. The van der Waals surface area contributed by atoms with Crippen LogP contribution in [0.1, 0.15) is 0 Å². The number of allylic oxidation sites excluding steroid dienone is 2. The summed E-state index contributed by atoms with van der Waals surface area (Å²) in [6.07, 6.45) is 8.23. The van der Waals surface area contributed by atoms with Gasteiger partial charge in [0, 0.05) is 13.6 Å². The highest BCUT2D eigenvalue weighted by Gasteiger charge is 2.14. The minimum atomic E-state index is 0.349. The molecule has 0 aromatic heterocycles. The molecule has 0 saturated heterocycles. The van der Waals surface area contributed by atoms with Crippen LogP contribution in [0.2, 0.25) is 0 Å². The smallest absolute Gasteiger partial charge is 0.0690 e. The molecule has 1 N–H and O–H groups in total. The highest BCUT2D eigenvalue weighted by Crippen LogP contribution is 2.14. The number of nitrogens with one attached hydrogen (secondary N) is 1. The Labute approximate surface area is 74.3 Å². The van der Waals surface area contributed by atoms with E-state index in [9.17, 15) is 0 Å². The van der Waals surface area contributed by atoms with Gasteiger partial charge in [-0.05, 0) is 24.9 Å². The van der Waals surface area contributed by atoms with E-state index in [4.69, 9.17) is 0 Å². The molecule has 0 aliphatic carbocycles. The van der Waals surface area contributed by atoms with Crippen LogP contribution >= 0.6 is 0 Å². The summed E-state index contributed by atoms with van der Waals surface area (Å²) in [6, 6.07) is 0.349. The molecule has 0 unspecified atom stereocenters. The van der Waals surface area contributed by atoms with Crippen molar-refractivity contribution in [2.75, 3.05) is 20.6 Å². The molecule has 1 aliphatic rings. The van der Waals surface area contributed by atoms with Crippen molar-refractivity contribution >= 4 is 0 Å². The van der Waals surface area contributed by atoms with Gasteiger partial charge in [0.1, 0.15) is 0 Å². The lowest BCUT2D eigenvalue weighted by Crippen LogP contribution is -2.32. The van der Waals surface area contributed by atoms with Crippen molar-refractivity contribution in [3.8, 4) is 0 Å². The number of hydrogen-bond donors (Lipinski definition) is 1. The lowest BCUT2D eigenvalue weighted by Gasteiger charge is -2.28. The molecule has 0 bridgehead atoms. The zero-order valence-electron chi connectivity index (χ0n) is 7.75. The Morgan fingerprint density at radius 2 is 2.50 bits per heavy atom. The largest absolute Gasteiger partial charge is 0.370 e. The summed E-state index contributed by atoms with van der Waals surface area (Å²) in [4.78, 5) is 2.15. The Morgan fingerprint density at radius 3 is 3.08 bits per heavy atom. The third-order valence-electron chi connectivity index (χ3n) is 2.05. The Kier molecular flexibility index (Phi) is 3.11. The number of hydrogen-bond acceptors (Lipinski definition) is 2. The van der Waals surface area contributed by atoms with E-state index < -0.39 is 0 Å². The van der Waals surface area contributed by atoms with Crippen LogP contribution in [0.3, 0.4) is 0 Å². The van der Waals surface area contributed by atoms with Crippen LogP contribution < -0.4 is 5.32 Å². The fourth-order valence-corrected chi connectivity index (χ4v) is 1.44. The van der Waals surface area contributed by atoms with Gasteiger partial charge in [-0.3, -0.25) is 0 Å². The molecule has 2 nitrogen and oxygen atoms in total. The average Bonchev–Trinajstić information content (AvgIpc) is 2.05. The molecule has 66 valence electrons. The predicted octanol–water partition coefficient (Wildman–Crippen LogP) is 1.15. The fourth-order valence-electron chi connectivity index (χ4n) is 1.44. The second-order valence-electron chi connectivity index (χ2n) is 2.96. The van der Waals surface area contributed by atoms with Crippen molar-refractivity contribution in [3.05, 3.63) is 36.6 Å². The van der Waals surface area contributed by atoms with Crippen LogP contribution in [0.15, 0.2) is 36.6 Å². The molecule has 2 heteroatoms. The second kappa shape index (κ2) is 4.12. The van der Waals surface area contributed by atoms with Gasteiger partial charge in [-0.1, -0.05) is 12.2 Å². The fraction of sp³-hybridized carbons (Fsp3) is 0.400. The molecule has 1 rings (SSSR count). The zero-order valence-corrected chi connectivity index (χ0v) is 7.75. The van der Waals surface area contributed by atoms with Gasteiger partial charge in [0.15, 0.2) is 0 Å². The van der Waals surface area contributed by atoms with Gasteiger partial charge in [-0.2, -0.15) is 0 Å². The van der Waals surface area contributed by atoms with Gasteiger partial charge < -0.3 is 10.2 Å². The first-order valence-electron chi connectivity index (χ1n) is 4.16. The van der Waals surface area contributed by atoms with Crippen molar-refractivity contribution in [1.29, 1.82) is 0 Å². The van der Waals surface area contributed by atoms with Crippen molar-refractivity contribution in [2.24, 2.45) is 0 Å². The highest BCUT2D eigenvalue weighted by atomic mass is 15.1. The summed E-state index contributed by atoms with van der Waals surface area (Å²) in [7, 11) is 4.02. The average molecular weight is 164 g/mol. The Balaban J connectivity index is 2.73. The standard InChI is InChI=1S/C10H16N2/c1-4-10-9(8-11-2)6-5-7-12(10)3/h4-7,10-11H,1,8H2,2-3H3/t10-/m1/s1. The third kappa shape index (κ3) is 1.77. The van der Waals surface area contributed by atoms with E-state index in [1.165, 1.54) is 5.57 Å². The first-order chi connectivity index (χ1) is 5.79. The Morgan fingerprint density at radius 1 is 1.75 bits per heavy atom. The zero-order chi connectivity index (χ0) is 8.97. The molecular formula is C10H16N2. The van der Waals surface area contributed by atoms with Crippen LogP contribution in [0.4, 0.5) is 0 Å². The van der Waals surface area contributed by atoms with Gasteiger partial charge in [-0.15, -0.1) is 6.58 Å². The summed E-state index contributed by atoms with van der Waals surface area (Å²) >= 11 is 0. The van der Waals surface area contributed by atoms with Crippen LogP contribution in [0, 0.1) is 0 Å². The highest BCUT2D eigenvalue weighted by molar-refractivity contribution is 5.28. The molecular weight excluding hydrogens is 148 g/mol. The van der Waals surface area contributed by atoms with Crippen molar-refractivity contribution < 1.29 is 0 Å². The molecule has 1 heterocycles. The maximum atomic E-state index is 3.82. The van der Waals surface area contributed by atoms with E-state index in [1.807, 2.05) is 13.1 Å². The molecule has 0 saturated carbocycles. The lowest BCUT2D eigenvalue weighted by molar-refractivity contribution is 0.412. The number of rotatable bonds is 3. The van der Waals surface area contributed by atoms with Crippen LogP contribution in [-0.2, 0) is 0 Å². The van der Waals surface area contributed by atoms with Gasteiger partial charge in [0.05, 0.1) is 6.04 Å². The molecule has 1 aliphatic heterocycles. The minimum Gasteiger partial charge on any atom is -0.370 e. The van der Waals surface area contributed by atoms with Gasteiger partial charge in [0.25, 0.3) is 0 Å². The van der Waals surface area contributed by atoms with Crippen molar-refractivity contribution in [2.45, 2.75) is 6.04 Å². The molecule has 0 radical (unpaired) electrons. The second-order valence-corrected chi connectivity index (χ2v) is 2.96. The summed E-state index contributed by atoms with van der Waals surface area (Å²) < 4.78 is 0.